The number of benzene rings is 2. The number of amides is 1. The molecule has 0 spiro atoms. The number of hydrazine groups is 1. The Balaban J connectivity index is 1.55. The van der Waals surface area contributed by atoms with Gasteiger partial charge in [-0.1, -0.05) is 23.7 Å². The van der Waals surface area contributed by atoms with Crippen LogP contribution in [-0.2, 0) is 9.53 Å². The van der Waals surface area contributed by atoms with E-state index in [0.717, 1.165) is 16.1 Å². The summed E-state index contributed by atoms with van der Waals surface area (Å²) in [4.78, 5) is 26.5. The lowest BCUT2D eigenvalue weighted by Gasteiger charge is -2.25. The van der Waals surface area contributed by atoms with Crippen LogP contribution in [-0.4, -0.2) is 37.7 Å². The first kappa shape index (κ1) is 23.5. The number of nitrogens with two attached hydrogens (primary N) is 1. The number of esters is 1. The highest BCUT2D eigenvalue weighted by atomic mass is 35.5. The molecule has 4 rings (SSSR count). The lowest BCUT2D eigenvalue weighted by Crippen LogP contribution is -2.42. The maximum Gasteiger partial charge on any atom is 0.338 e. The van der Waals surface area contributed by atoms with Crippen LogP contribution in [0.2, 0.25) is 5.02 Å². The van der Waals surface area contributed by atoms with Gasteiger partial charge in [-0.05, 0) is 53.4 Å². The van der Waals surface area contributed by atoms with Gasteiger partial charge in [0.05, 0.1) is 47.1 Å². The van der Waals surface area contributed by atoms with Crippen molar-refractivity contribution in [1.82, 2.24) is 10.4 Å². The van der Waals surface area contributed by atoms with Crippen LogP contribution in [0, 0.1) is 0 Å². The number of nitrogens with one attached hydrogen (secondary N) is 1. The van der Waals surface area contributed by atoms with Crippen molar-refractivity contribution >= 4 is 46.2 Å². The molecule has 1 aliphatic rings. The molecule has 0 radical (unpaired) electrons. The summed E-state index contributed by atoms with van der Waals surface area (Å²) in [5.74, 6) is 0.00809. The van der Waals surface area contributed by atoms with Gasteiger partial charge in [0.2, 0.25) is 0 Å². The number of carbonyl (C=O) groups excluding carboxylic acids is 2. The molecule has 176 valence electrons. The highest BCUT2D eigenvalue weighted by Crippen LogP contribution is 2.37. The second kappa shape index (κ2) is 10.1. The molecule has 0 aliphatic carbocycles. The summed E-state index contributed by atoms with van der Waals surface area (Å²) in [7, 11) is 3.11. The molecule has 0 fully saturated rings. The number of ether oxygens (including phenoxy) is 3. The average Bonchev–Trinajstić information content (AvgIpc) is 3.54. The van der Waals surface area contributed by atoms with Crippen molar-refractivity contribution in [2.45, 2.75) is 6.04 Å². The average molecular weight is 500 g/mol. The monoisotopic (exact) mass is 499 g/mol. The maximum absolute atomic E-state index is 13.1. The van der Waals surface area contributed by atoms with Gasteiger partial charge in [-0.2, -0.15) is 0 Å². The summed E-state index contributed by atoms with van der Waals surface area (Å²) in [5.41, 5.74) is 10.9. The number of nitrogen functional groups attached to an aromatic ring is 1. The van der Waals surface area contributed by atoms with Gasteiger partial charge in [0.15, 0.2) is 18.1 Å². The lowest BCUT2D eigenvalue weighted by atomic mass is 10.0. The van der Waals surface area contributed by atoms with Crippen molar-refractivity contribution in [3.05, 3.63) is 81.0 Å². The van der Waals surface area contributed by atoms with E-state index in [1.54, 1.807) is 31.6 Å². The second-order valence-corrected chi connectivity index (χ2v) is 8.66. The van der Waals surface area contributed by atoms with E-state index in [-0.39, 0.29) is 11.3 Å². The van der Waals surface area contributed by atoms with Crippen molar-refractivity contribution in [1.29, 1.82) is 0 Å². The lowest BCUT2D eigenvalue weighted by molar-refractivity contribution is -0.137. The number of rotatable bonds is 7. The number of anilines is 1. The molecule has 3 aromatic rings. The Morgan fingerprint density at radius 3 is 2.59 bits per heavy atom. The van der Waals surface area contributed by atoms with Gasteiger partial charge in [0.1, 0.15) is 0 Å². The van der Waals surface area contributed by atoms with Crippen molar-refractivity contribution in [2.75, 3.05) is 26.6 Å². The zero-order valence-electron chi connectivity index (χ0n) is 18.4. The van der Waals surface area contributed by atoms with E-state index in [2.05, 4.69) is 5.43 Å². The molecular weight excluding hydrogens is 478 g/mol. The van der Waals surface area contributed by atoms with Crippen LogP contribution in [0.3, 0.4) is 0 Å². The molecule has 1 atom stereocenters. The first-order chi connectivity index (χ1) is 16.4. The van der Waals surface area contributed by atoms with E-state index in [0.29, 0.717) is 16.5 Å². The van der Waals surface area contributed by atoms with Crippen LogP contribution >= 0.6 is 22.9 Å². The van der Waals surface area contributed by atoms with Crippen molar-refractivity contribution in [3.63, 3.8) is 0 Å². The van der Waals surface area contributed by atoms with E-state index in [1.807, 2.05) is 35.7 Å². The fourth-order valence-corrected chi connectivity index (χ4v) is 4.31. The zero-order valence-corrected chi connectivity index (χ0v) is 20.0. The minimum absolute atomic E-state index is 0.206. The Morgan fingerprint density at radius 1 is 1.12 bits per heavy atom. The third-order valence-corrected chi connectivity index (χ3v) is 6.45. The SMILES string of the molecule is COc1ccc([C@H]2C=C(c3cccs3)NN2C(=O)COC(=O)c2ccc(Cl)c(N)c2)cc1OC. The van der Waals surface area contributed by atoms with Gasteiger partial charge in [-0.15, -0.1) is 11.3 Å². The number of nitrogens with zero attached hydrogens (tertiary/aromatic N) is 1. The summed E-state index contributed by atoms with van der Waals surface area (Å²) in [6, 6.07) is 13.3. The molecule has 2 heterocycles. The minimum Gasteiger partial charge on any atom is -0.493 e. The molecule has 3 N–H and O–H groups in total. The highest BCUT2D eigenvalue weighted by molar-refractivity contribution is 7.11. The summed E-state index contributed by atoms with van der Waals surface area (Å²) >= 11 is 7.44. The first-order valence-electron chi connectivity index (χ1n) is 10.2. The Morgan fingerprint density at radius 2 is 1.91 bits per heavy atom. The molecule has 2 aromatic carbocycles. The van der Waals surface area contributed by atoms with Gasteiger partial charge < -0.3 is 19.9 Å². The highest BCUT2D eigenvalue weighted by Gasteiger charge is 2.32. The Labute approximate surface area is 205 Å². The quantitative estimate of drug-likeness (QED) is 0.369. The smallest absolute Gasteiger partial charge is 0.338 e. The second-order valence-electron chi connectivity index (χ2n) is 7.30. The summed E-state index contributed by atoms with van der Waals surface area (Å²) in [6.45, 7) is -0.469. The molecule has 34 heavy (non-hydrogen) atoms. The molecule has 1 amide bonds. The van der Waals surface area contributed by atoms with E-state index in [9.17, 15) is 9.59 Å². The Bertz CT molecular complexity index is 1250. The number of halogens is 1. The molecule has 1 aliphatic heterocycles. The van der Waals surface area contributed by atoms with Crippen LogP contribution in [0.4, 0.5) is 5.69 Å². The standard InChI is InChI=1S/C24H22ClN3O5S/c1-31-20-8-6-14(11-21(20)32-2)19-12-18(22-4-3-9-34-22)27-28(19)23(29)13-33-24(30)15-5-7-16(25)17(26)10-15/h3-12,19,27H,13,26H2,1-2H3/t19-/m1/s1. The molecular formula is C24H22ClN3O5S. The van der Waals surface area contributed by atoms with E-state index >= 15 is 0 Å². The summed E-state index contributed by atoms with van der Waals surface area (Å²) in [6.07, 6.45) is 1.94. The normalized spacial score (nSPS) is 14.9. The molecule has 8 nitrogen and oxygen atoms in total. The van der Waals surface area contributed by atoms with E-state index in [1.165, 1.54) is 23.2 Å². The third-order valence-electron chi connectivity index (χ3n) is 5.21. The van der Waals surface area contributed by atoms with Crippen molar-refractivity contribution < 1.29 is 23.8 Å². The fourth-order valence-electron chi connectivity index (χ4n) is 3.49. The topological polar surface area (TPSA) is 103 Å². The molecule has 1 aromatic heterocycles. The van der Waals surface area contributed by atoms with Crippen molar-refractivity contribution in [2.24, 2.45) is 0 Å². The van der Waals surface area contributed by atoms with Crippen LogP contribution < -0.4 is 20.6 Å². The summed E-state index contributed by atoms with van der Waals surface area (Å²) in [5, 5.41) is 3.71. The number of thiophene rings is 1. The predicted octanol–water partition coefficient (Wildman–Crippen LogP) is 4.29. The first-order valence-corrected chi connectivity index (χ1v) is 11.5. The predicted molar refractivity (Wildman–Crippen MR) is 131 cm³/mol. The van der Waals surface area contributed by atoms with Gasteiger partial charge in [0, 0.05) is 0 Å². The van der Waals surface area contributed by atoms with Crippen LogP contribution in [0.5, 0.6) is 11.5 Å². The number of hydrogen-bond donors (Lipinski definition) is 2. The zero-order chi connectivity index (χ0) is 24.2. The maximum atomic E-state index is 13.1. The molecule has 0 saturated heterocycles. The van der Waals surface area contributed by atoms with Crippen molar-refractivity contribution in [3.8, 4) is 11.5 Å². The van der Waals surface area contributed by atoms with Gasteiger partial charge >= 0.3 is 5.97 Å². The van der Waals surface area contributed by atoms with E-state index in [4.69, 9.17) is 31.5 Å². The largest absolute Gasteiger partial charge is 0.493 e. The third kappa shape index (κ3) is 4.80. The van der Waals surface area contributed by atoms with Crippen LogP contribution in [0.15, 0.2) is 60.0 Å². The van der Waals surface area contributed by atoms with Gasteiger partial charge in [-0.3, -0.25) is 10.2 Å². The molecule has 10 heteroatoms. The number of hydrogen-bond acceptors (Lipinski definition) is 8. The molecule has 0 unspecified atom stereocenters. The van der Waals surface area contributed by atoms with Crippen LogP contribution in [0.25, 0.3) is 5.70 Å². The van der Waals surface area contributed by atoms with Gasteiger partial charge in [0.25, 0.3) is 5.91 Å². The molecule has 0 bridgehead atoms. The van der Waals surface area contributed by atoms with Crippen LogP contribution in [0.1, 0.15) is 26.8 Å². The Hall–Kier alpha value is -3.69. The van der Waals surface area contributed by atoms with E-state index < -0.39 is 24.5 Å². The number of methoxy groups -OCH3 is 2. The molecule has 0 saturated carbocycles. The fraction of sp³-hybridized carbons (Fsp3) is 0.167. The number of carbonyl (C=O) groups is 2. The van der Waals surface area contributed by atoms with Gasteiger partial charge in [-0.25, -0.2) is 9.80 Å². The minimum atomic E-state index is -0.676. The summed E-state index contributed by atoms with van der Waals surface area (Å²) < 4.78 is 16.0. The Kier molecular flexibility index (Phi) is 6.95.